The molecule has 1 fully saturated rings. The first kappa shape index (κ1) is 16.4. The quantitative estimate of drug-likeness (QED) is 0.777. The third kappa shape index (κ3) is 3.88. The molecule has 0 aliphatic carbocycles. The van der Waals surface area contributed by atoms with Gasteiger partial charge in [0.2, 0.25) is 10.0 Å². The summed E-state index contributed by atoms with van der Waals surface area (Å²) in [5.74, 6) is 0. The molecule has 0 aromatic carbocycles. The van der Waals surface area contributed by atoms with Gasteiger partial charge in [-0.3, -0.25) is 0 Å². The van der Waals surface area contributed by atoms with Gasteiger partial charge in [0.05, 0.1) is 9.48 Å². The molecular weight excluding hydrogens is 406 g/mol. The normalized spacial score (nSPS) is 15.6. The van der Waals surface area contributed by atoms with Gasteiger partial charge in [-0.05, 0) is 40.9 Å². The molecule has 1 aliphatic heterocycles. The summed E-state index contributed by atoms with van der Waals surface area (Å²) in [5, 5.41) is 3.07. The van der Waals surface area contributed by atoms with Crippen molar-refractivity contribution < 1.29 is 8.42 Å². The molecule has 3 heterocycles. The molecule has 0 saturated carbocycles. The summed E-state index contributed by atoms with van der Waals surface area (Å²) in [5.41, 5.74) is 0.946. The van der Waals surface area contributed by atoms with Crippen molar-refractivity contribution in [3.8, 4) is 0 Å². The fourth-order valence-corrected chi connectivity index (χ4v) is 6.29. The number of rotatable bonds is 6. The molecule has 1 saturated heterocycles. The van der Waals surface area contributed by atoms with Crippen LogP contribution >= 0.6 is 38.6 Å². The van der Waals surface area contributed by atoms with E-state index in [0.29, 0.717) is 17.2 Å². The first-order valence-electron chi connectivity index (χ1n) is 6.99. The van der Waals surface area contributed by atoms with Gasteiger partial charge < -0.3 is 4.90 Å². The minimum absolute atomic E-state index is 0.329. The van der Waals surface area contributed by atoms with E-state index >= 15 is 0 Å². The predicted molar refractivity (Wildman–Crippen MR) is 94.5 cm³/mol. The Morgan fingerprint density at radius 1 is 1.32 bits per heavy atom. The van der Waals surface area contributed by atoms with Crippen LogP contribution in [0.15, 0.2) is 25.5 Å². The van der Waals surface area contributed by atoms with Crippen molar-refractivity contribution in [2.45, 2.75) is 23.5 Å². The topological polar surface area (TPSA) is 62.3 Å². The Labute approximate surface area is 146 Å². The molecule has 120 valence electrons. The maximum atomic E-state index is 12.1. The van der Waals surface area contributed by atoms with Gasteiger partial charge in [0.1, 0.15) is 4.21 Å². The Morgan fingerprint density at radius 2 is 2.09 bits per heavy atom. The first-order valence-corrected chi connectivity index (χ1v) is 11.0. The summed E-state index contributed by atoms with van der Waals surface area (Å²) >= 11 is 6.12. The number of thiazole rings is 1. The summed E-state index contributed by atoms with van der Waals surface area (Å²) in [4.78, 5) is 6.89. The lowest BCUT2D eigenvalue weighted by Gasteiger charge is -2.12. The molecule has 0 spiro atoms. The number of thiophene rings is 1. The van der Waals surface area contributed by atoms with E-state index in [1.807, 2.05) is 5.38 Å². The second kappa shape index (κ2) is 6.96. The maximum absolute atomic E-state index is 12.1. The smallest absolute Gasteiger partial charge is 0.250 e. The molecule has 0 atom stereocenters. The van der Waals surface area contributed by atoms with Crippen molar-refractivity contribution >= 4 is 53.8 Å². The SMILES string of the molecule is O=S(=O)(NCCc1csc(N2CCCC2)n1)c1ccc(Br)s1. The molecule has 0 unspecified atom stereocenters. The zero-order valence-electron chi connectivity index (χ0n) is 11.8. The van der Waals surface area contributed by atoms with E-state index < -0.39 is 10.0 Å². The first-order chi connectivity index (χ1) is 10.5. The number of hydrogen-bond acceptors (Lipinski definition) is 6. The molecule has 3 rings (SSSR count). The molecule has 0 bridgehead atoms. The van der Waals surface area contributed by atoms with Crippen LogP contribution in [0.2, 0.25) is 0 Å². The Bertz CT molecular complexity index is 735. The zero-order chi connectivity index (χ0) is 15.6. The highest BCUT2D eigenvalue weighted by atomic mass is 79.9. The molecule has 0 radical (unpaired) electrons. The van der Waals surface area contributed by atoms with Crippen molar-refractivity contribution in [3.05, 3.63) is 27.0 Å². The molecule has 2 aromatic heterocycles. The van der Waals surface area contributed by atoms with Crippen LogP contribution in [0, 0.1) is 0 Å². The van der Waals surface area contributed by atoms with Crippen LogP contribution in [0.4, 0.5) is 5.13 Å². The second-order valence-electron chi connectivity index (χ2n) is 5.02. The minimum atomic E-state index is -3.41. The predicted octanol–water partition coefficient (Wildman–Crippen LogP) is 3.09. The zero-order valence-corrected chi connectivity index (χ0v) is 15.8. The summed E-state index contributed by atoms with van der Waals surface area (Å²) in [6, 6.07) is 3.34. The standard InChI is InChI=1S/C13H16BrN3O2S3/c14-11-3-4-12(21-11)22(18,19)15-6-5-10-9-20-13(16-10)17-7-1-2-8-17/h3-4,9,15H,1-2,5-8H2. The highest BCUT2D eigenvalue weighted by Crippen LogP contribution is 2.26. The molecular formula is C13H16BrN3O2S3. The van der Waals surface area contributed by atoms with Gasteiger partial charge in [-0.25, -0.2) is 18.1 Å². The third-order valence-corrected chi connectivity index (χ3v) is 7.93. The lowest BCUT2D eigenvalue weighted by molar-refractivity contribution is 0.583. The molecule has 0 amide bonds. The molecule has 5 nitrogen and oxygen atoms in total. The van der Waals surface area contributed by atoms with Gasteiger partial charge in [0.25, 0.3) is 0 Å². The van der Waals surface area contributed by atoms with Crippen molar-refractivity contribution in [1.82, 2.24) is 9.71 Å². The van der Waals surface area contributed by atoms with E-state index in [1.54, 1.807) is 23.5 Å². The van der Waals surface area contributed by atoms with Gasteiger partial charge >= 0.3 is 0 Å². The number of anilines is 1. The lowest BCUT2D eigenvalue weighted by Crippen LogP contribution is -2.25. The van der Waals surface area contributed by atoms with Crippen LogP contribution in [0.5, 0.6) is 0 Å². The number of aromatic nitrogens is 1. The summed E-state index contributed by atoms with van der Waals surface area (Å²) < 4.78 is 28.0. The average Bonchev–Trinajstić information content (AvgIpc) is 3.18. The number of nitrogens with zero attached hydrogens (tertiary/aromatic N) is 2. The number of nitrogens with one attached hydrogen (secondary N) is 1. The van der Waals surface area contributed by atoms with Gasteiger partial charge in [-0.15, -0.1) is 22.7 Å². The monoisotopic (exact) mass is 421 g/mol. The fraction of sp³-hybridized carbons (Fsp3) is 0.462. The van der Waals surface area contributed by atoms with Crippen LogP contribution in [0.1, 0.15) is 18.5 Å². The Morgan fingerprint density at radius 3 is 2.77 bits per heavy atom. The van der Waals surface area contributed by atoms with E-state index in [1.165, 1.54) is 24.2 Å². The minimum Gasteiger partial charge on any atom is -0.348 e. The van der Waals surface area contributed by atoms with Crippen LogP contribution in [-0.2, 0) is 16.4 Å². The van der Waals surface area contributed by atoms with Gasteiger partial charge in [0.15, 0.2) is 5.13 Å². The molecule has 22 heavy (non-hydrogen) atoms. The van der Waals surface area contributed by atoms with E-state index in [4.69, 9.17) is 0 Å². The van der Waals surface area contributed by atoms with E-state index in [9.17, 15) is 8.42 Å². The van der Waals surface area contributed by atoms with Crippen molar-refractivity contribution in [2.24, 2.45) is 0 Å². The van der Waals surface area contributed by atoms with Gasteiger partial charge in [0, 0.05) is 31.4 Å². The molecule has 1 N–H and O–H groups in total. The summed E-state index contributed by atoms with van der Waals surface area (Å²) in [6.07, 6.45) is 3.06. The Balaban J connectivity index is 1.54. The van der Waals surface area contributed by atoms with E-state index in [-0.39, 0.29) is 0 Å². The Hall–Kier alpha value is -0.480. The highest BCUT2D eigenvalue weighted by Gasteiger charge is 2.17. The lowest BCUT2D eigenvalue weighted by atomic mass is 10.3. The number of hydrogen-bond donors (Lipinski definition) is 1. The fourth-order valence-electron chi connectivity index (χ4n) is 2.29. The highest BCUT2D eigenvalue weighted by molar-refractivity contribution is 9.11. The Kier molecular flexibility index (Phi) is 5.18. The largest absolute Gasteiger partial charge is 0.348 e. The van der Waals surface area contributed by atoms with E-state index in [0.717, 1.165) is 27.7 Å². The van der Waals surface area contributed by atoms with E-state index in [2.05, 4.69) is 30.5 Å². The summed E-state index contributed by atoms with van der Waals surface area (Å²) in [7, 11) is -3.41. The molecule has 9 heteroatoms. The molecule has 2 aromatic rings. The third-order valence-electron chi connectivity index (χ3n) is 3.40. The summed E-state index contributed by atoms with van der Waals surface area (Å²) in [6.45, 7) is 2.51. The van der Waals surface area contributed by atoms with Crippen LogP contribution < -0.4 is 9.62 Å². The van der Waals surface area contributed by atoms with Crippen molar-refractivity contribution in [1.29, 1.82) is 0 Å². The van der Waals surface area contributed by atoms with Crippen LogP contribution in [0.25, 0.3) is 0 Å². The van der Waals surface area contributed by atoms with Gasteiger partial charge in [-0.2, -0.15) is 0 Å². The van der Waals surface area contributed by atoms with Gasteiger partial charge in [-0.1, -0.05) is 0 Å². The van der Waals surface area contributed by atoms with Crippen molar-refractivity contribution in [2.75, 3.05) is 24.5 Å². The van der Waals surface area contributed by atoms with Crippen LogP contribution in [0.3, 0.4) is 0 Å². The molecule has 1 aliphatic rings. The second-order valence-corrected chi connectivity index (χ2v) is 10.3. The average molecular weight is 422 g/mol. The van der Waals surface area contributed by atoms with Crippen molar-refractivity contribution in [3.63, 3.8) is 0 Å². The van der Waals surface area contributed by atoms with Crippen LogP contribution in [-0.4, -0.2) is 33.0 Å². The number of sulfonamides is 1. The maximum Gasteiger partial charge on any atom is 0.250 e. The number of halogens is 1.